The van der Waals surface area contributed by atoms with Crippen LogP contribution in [-0.4, -0.2) is 17.3 Å². The summed E-state index contributed by atoms with van der Waals surface area (Å²) in [6, 6.07) is 10.8. The van der Waals surface area contributed by atoms with Crippen molar-refractivity contribution in [3.05, 3.63) is 70.5 Å². The third-order valence-electron chi connectivity index (χ3n) is 3.80. The first-order valence-corrected chi connectivity index (χ1v) is 8.12. The van der Waals surface area contributed by atoms with Crippen LogP contribution >= 0.6 is 11.6 Å². The molecule has 0 amide bonds. The van der Waals surface area contributed by atoms with Crippen LogP contribution in [0.3, 0.4) is 0 Å². The molecule has 0 aliphatic carbocycles. The Morgan fingerprint density at radius 1 is 0.962 bits per heavy atom. The van der Waals surface area contributed by atoms with Gasteiger partial charge in [0.1, 0.15) is 29.7 Å². The molecule has 0 aliphatic rings. The number of rotatable bonds is 5. The third-order valence-corrected chi connectivity index (χ3v) is 4.07. The van der Waals surface area contributed by atoms with Gasteiger partial charge in [-0.25, -0.2) is 8.78 Å². The first kappa shape index (κ1) is 18.1. The Kier molecular flexibility index (Phi) is 5.32. The molecule has 0 aliphatic heterocycles. The number of methoxy groups -OCH3 is 1. The molecule has 26 heavy (non-hydrogen) atoms. The maximum atomic E-state index is 14.3. The van der Waals surface area contributed by atoms with Gasteiger partial charge in [0, 0.05) is 0 Å². The minimum Gasteiger partial charge on any atom is -0.497 e. The second-order valence-electron chi connectivity index (χ2n) is 5.51. The van der Waals surface area contributed by atoms with Crippen LogP contribution in [0, 0.1) is 18.6 Å². The zero-order chi connectivity index (χ0) is 18.7. The molecule has 1 aromatic heterocycles. The summed E-state index contributed by atoms with van der Waals surface area (Å²) in [6.45, 7) is 1.80. The molecule has 7 heteroatoms. The van der Waals surface area contributed by atoms with Crippen molar-refractivity contribution in [1.29, 1.82) is 0 Å². The van der Waals surface area contributed by atoms with Crippen LogP contribution in [0.15, 0.2) is 42.5 Å². The molecule has 1 heterocycles. The molecule has 0 fully saturated rings. The van der Waals surface area contributed by atoms with Crippen molar-refractivity contribution in [2.75, 3.05) is 7.11 Å². The highest BCUT2D eigenvalue weighted by molar-refractivity contribution is 6.32. The van der Waals surface area contributed by atoms with E-state index < -0.39 is 11.6 Å². The molecule has 2 aromatic carbocycles. The monoisotopic (exact) mass is 376 g/mol. The average Bonchev–Trinajstić information content (AvgIpc) is 2.64. The Balaban J connectivity index is 2.00. The van der Waals surface area contributed by atoms with E-state index in [1.807, 2.05) is 12.1 Å². The number of ether oxygens (including phenoxy) is 2. The topological polar surface area (TPSA) is 44.2 Å². The molecule has 0 atom stereocenters. The number of hydrogen-bond donors (Lipinski definition) is 0. The van der Waals surface area contributed by atoms with Gasteiger partial charge in [0.25, 0.3) is 0 Å². The second kappa shape index (κ2) is 7.66. The first-order valence-electron chi connectivity index (χ1n) is 7.74. The van der Waals surface area contributed by atoms with E-state index in [4.69, 9.17) is 21.1 Å². The molecule has 3 rings (SSSR count). The van der Waals surface area contributed by atoms with Gasteiger partial charge in [-0.3, -0.25) is 0 Å². The quantitative estimate of drug-likeness (QED) is 0.630. The van der Waals surface area contributed by atoms with Crippen LogP contribution in [0.4, 0.5) is 8.78 Å². The van der Waals surface area contributed by atoms with E-state index in [0.29, 0.717) is 11.4 Å². The summed E-state index contributed by atoms with van der Waals surface area (Å²) in [6.07, 6.45) is 0. The molecule has 134 valence electrons. The highest BCUT2D eigenvalue weighted by Gasteiger charge is 2.22. The number of aromatic nitrogens is 2. The van der Waals surface area contributed by atoms with Gasteiger partial charge >= 0.3 is 0 Å². The maximum absolute atomic E-state index is 14.3. The number of aryl methyl sites for hydroxylation is 1. The highest BCUT2D eigenvalue weighted by atomic mass is 35.5. The van der Waals surface area contributed by atoms with Gasteiger partial charge in [-0.1, -0.05) is 29.8 Å². The van der Waals surface area contributed by atoms with Crippen LogP contribution in [0.2, 0.25) is 5.15 Å². The molecular formula is C19H15ClF2N2O2. The zero-order valence-corrected chi connectivity index (χ0v) is 14.8. The van der Waals surface area contributed by atoms with Gasteiger partial charge in [0.2, 0.25) is 0 Å². The molecule has 0 radical (unpaired) electrons. The van der Waals surface area contributed by atoms with E-state index in [1.165, 1.54) is 6.07 Å². The zero-order valence-electron chi connectivity index (χ0n) is 14.1. The van der Waals surface area contributed by atoms with Crippen LogP contribution in [0.25, 0.3) is 11.1 Å². The number of nitrogens with zero attached hydrogens (tertiary/aromatic N) is 2. The Labute approximate surface area is 154 Å². The summed E-state index contributed by atoms with van der Waals surface area (Å²) in [5.74, 6) is -0.611. The minimum atomic E-state index is -0.756. The molecular weight excluding hydrogens is 362 g/mol. The number of benzene rings is 2. The lowest BCUT2D eigenvalue weighted by molar-refractivity contribution is 0.302. The lowest BCUT2D eigenvalue weighted by atomic mass is 10.0. The molecule has 0 bridgehead atoms. The van der Waals surface area contributed by atoms with Gasteiger partial charge in [0.05, 0.1) is 18.2 Å². The maximum Gasteiger partial charge on any atom is 0.163 e. The molecule has 0 saturated carbocycles. The highest BCUT2D eigenvalue weighted by Crippen LogP contribution is 2.39. The fourth-order valence-electron chi connectivity index (χ4n) is 2.50. The van der Waals surface area contributed by atoms with E-state index in [0.717, 1.165) is 17.7 Å². The SMILES string of the molecule is COc1ccc(COc2c(C)nnc(Cl)c2-c2c(F)cccc2F)cc1. The van der Waals surface area contributed by atoms with Crippen molar-refractivity contribution in [3.8, 4) is 22.6 Å². The fraction of sp³-hybridized carbons (Fsp3) is 0.158. The summed E-state index contributed by atoms with van der Waals surface area (Å²) < 4.78 is 39.4. The van der Waals surface area contributed by atoms with Crippen molar-refractivity contribution in [2.24, 2.45) is 0 Å². The first-order chi connectivity index (χ1) is 12.5. The third kappa shape index (κ3) is 3.60. The molecule has 0 unspecified atom stereocenters. The van der Waals surface area contributed by atoms with Gasteiger partial charge in [-0.2, -0.15) is 5.10 Å². The van der Waals surface area contributed by atoms with E-state index in [1.54, 1.807) is 26.2 Å². The van der Waals surface area contributed by atoms with Gasteiger partial charge < -0.3 is 9.47 Å². The predicted octanol–water partition coefficient (Wildman–Crippen LogP) is 4.97. The van der Waals surface area contributed by atoms with E-state index in [-0.39, 0.29) is 28.6 Å². The standard InChI is InChI=1S/C19H15ClF2N2O2/c1-11-18(26-10-12-6-8-13(25-2)9-7-12)17(19(20)24-23-11)16-14(21)4-3-5-15(16)22/h3-9H,10H2,1-2H3. The second-order valence-corrected chi connectivity index (χ2v) is 5.87. The van der Waals surface area contributed by atoms with Gasteiger partial charge in [-0.05, 0) is 36.8 Å². The summed E-state index contributed by atoms with van der Waals surface area (Å²) in [7, 11) is 1.58. The van der Waals surface area contributed by atoms with E-state index >= 15 is 0 Å². The molecule has 0 N–H and O–H groups in total. The van der Waals surface area contributed by atoms with Crippen molar-refractivity contribution >= 4 is 11.6 Å². The fourth-order valence-corrected chi connectivity index (χ4v) is 2.71. The van der Waals surface area contributed by atoms with Crippen molar-refractivity contribution < 1.29 is 18.3 Å². The number of halogens is 3. The van der Waals surface area contributed by atoms with Crippen LogP contribution < -0.4 is 9.47 Å². The van der Waals surface area contributed by atoms with Gasteiger partial charge in [-0.15, -0.1) is 5.10 Å². The van der Waals surface area contributed by atoms with E-state index in [2.05, 4.69) is 10.2 Å². The normalized spacial score (nSPS) is 10.7. The molecule has 4 nitrogen and oxygen atoms in total. The Bertz CT molecular complexity index is 913. The number of hydrogen-bond acceptors (Lipinski definition) is 4. The Morgan fingerprint density at radius 2 is 1.62 bits per heavy atom. The Morgan fingerprint density at radius 3 is 2.23 bits per heavy atom. The molecule has 0 spiro atoms. The lowest BCUT2D eigenvalue weighted by Crippen LogP contribution is -2.04. The summed E-state index contributed by atoms with van der Waals surface area (Å²) in [5.41, 5.74) is 0.974. The van der Waals surface area contributed by atoms with E-state index in [9.17, 15) is 8.78 Å². The largest absolute Gasteiger partial charge is 0.497 e. The Hall–Kier alpha value is -2.73. The van der Waals surface area contributed by atoms with Crippen LogP contribution in [-0.2, 0) is 6.61 Å². The molecule has 3 aromatic rings. The summed E-state index contributed by atoms with van der Waals surface area (Å²) in [4.78, 5) is 0. The van der Waals surface area contributed by atoms with Crippen molar-refractivity contribution in [1.82, 2.24) is 10.2 Å². The minimum absolute atomic E-state index is 0.0447. The van der Waals surface area contributed by atoms with Crippen LogP contribution in [0.5, 0.6) is 11.5 Å². The summed E-state index contributed by atoms with van der Waals surface area (Å²) in [5, 5.41) is 7.52. The van der Waals surface area contributed by atoms with Crippen molar-refractivity contribution in [3.63, 3.8) is 0 Å². The van der Waals surface area contributed by atoms with Crippen molar-refractivity contribution in [2.45, 2.75) is 13.5 Å². The smallest absolute Gasteiger partial charge is 0.163 e. The summed E-state index contributed by atoms with van der Waals surface area (Å²) >= 11 is 6.10. The van der Waals surface area contributed by atoms with Crippen LogP contribution in [0.1, 0.15) is 11.3 Å². The predicted molar refractivity (Wildman–Crippen MR) is 94.5 cm³/mol. The van der Waals surface area contributed by atoms with Gasteiger partial charge in [0.15, 0.2) is 10.9 Å². The average molecular weight is 377 g/mol. The molecule has 0 saturated heterocycles. The lowest BCUT2D eigenvalue weighted by Gasteiger charge is -2.15.